The smallest absolute Gasteiger partial charge is 0.0741 e. The van der Waals surface area contributed by atoms with Crippen molar-refractivity contribution in [1.29, 1.82) is 0 Å². The third-order valence-corrected chi connectivity index (χ3v) is 4.79. The molecule has 0 spiro atoms. The molecular formula is C11H19NO2. The average Bonchev–Trinajstić information content (AvgIpc) is 2.73. The number of nitrogens with two attached hydrogens (primary N) is 1. The molecule has 3 rings (SSSR count). The van der Waals surface area contributed by atoms with Crippen LogP contribution in [0.15, 0.2) is 0 Å². The van der Waals surface area contributed by atoms with Crippen molar-refractivity contribution < 1.29 is 9.84 Å². The Bertz CT molecular complexity index is 252. The molecule has 3 N–H and O–H groups in total. The Hall–Kier alpha value is -0.120. The van der Waals surface area contributed by atoms with Crippen molar-refractivity contribution in [2.45, 2.75) is 56.3 Å². The van der Waals surface area contributed by atoms with Gasteiger partial charge in [-0.2, -0.15) is 0 Å². The molecule has 2 bridgehead atoms. The van der Waals surface area contributed by atoms with Gasteiger partial charge in [0.25, 0.3) is 0 Å². The molecule has 0 aromatic carbocycles. The van der Waals surface area contributed by atoms with Gasteiger partial charge in [0, 0.05) is 12.0 Å². The lowest BCUT2D eigenvalue weighted by atomic mass is 9.55. The summed E-state index contributed by atoms with van der Waals surface area (Å²) in [6.45, 7) is 0.588. The maximum Gasteiger partial charge on any atom is 0.0741 e. The Balaban J connectivity index is 1.91. The van der Waals surface area contributed by atoms with E-state index in [0.717, 1.165) is 32.1 Å². The molecule has 3 nitrogen and oxygen atoms in total. The third kappa shape index (κ3) is 0.884. The monoisotopic (exact) mass is 197 g/mol. The van der Waals surface area contributed by atoms with E-state index < -0.39 is 5.60 Å². The molecule has 3 atom stereocenters. The van der Waals surface area contributed by atoms with Crippen molar-refractivity contribution in [2.24, 2.45) is 11.1 Å². The predicted molar refractivity (Wildman–Crippen MR) is 52.8 cm³/mol. The van der Waals surface area contributed by atoms with Gasteiger partial charge < -0.3 is 15.6 Å². The van der Waals surface area contributed by atoms with Crippen molar-refractivity contribution >= 4 is 0 Å². The van der Waals surface area contributed by atoms with E-state index in [4.69, 9.17) is 10.5 Å². The van der Waals surface area contributed by atoms with E-state index in [1.54, 1.807) is 0 Å². The van der Waals surface area contributed by atoms with Crippen LogP contribution < -0.4 is 5.73 Å². The number of hydrogen-bond acceptors (Lipinski definition) is 3. The SMILES string of the molecule is NCC1(C2(O)CCC2)CC2CCC1O2. The number of fused-ring (bicyclic) bond motifs is 2. The van der Waals surface area contributed by atoms with Crippen molar-refractivity contribution in [3.05, 3.63) is 0 Å². The lowest BCUT2D eigenvalue weighted by Gasteiger charge is -2.53. The summed E-state index contributed by atoms with van der Waals surface area (Å²) in [7, 11) is 0. The molecule has 1 saturated carbocycles. The normalized spacial score (nSPS) is 49.3. The van der Waals surface area contributed by atoms with Crippen LogP contribution in [0.25, 0.3) is 0 Å². The highest BCUT2D eigenvalue weighted by molar-refractivity contribution is 5.14. The third-order valence-electron chi connectivity index (χ3n) is 4.79. The van der Waals surface area contributed by atoms with Gasteiger partial charge in [-0.25, -0.2) is 0 Å². The number of hydrogen-bond donors (Lipinski definition) is 2. The molecule has 2 aliphatic heterocycles. The zero-order chi connectivity index (χ0) is 9.81. The van der Waals surface area contributed by atoms with E-state index in [1.165, 1.54) is 6.42 Å². The van der Waals surface area contributed by atoms with Crippen LogP contribution in [0.2, 0.25) is 0 Å². The minimum atomic E-state index is -0.498. The molecule has 3 heteroatoms. The second-order valence-electron chi connectivity index (χ2n) is 5.27. The van der Waals surface area contributed by atoms with Crippen LogP contribution in [-0.2, 0) is 4.74 Å². The fourth-order valence-corrected chi connectivity index (χ4v) is 3.70. The van der Waals surface area contributed by atoms with Crippen LogP contribution in [0.5, 0.6) is 0 Å². The zero-order valence-corrected chi connectivity index (χ0v) is 8.54. The predicted octanol–water partition coefficient (Wildman–Crippen LogP) is 0.798. The quantitative estimate of drug-likeness (QED) is 0.688. The summed E-state index contributed by atoms with van der Waals surface area (Å²) in [6, 6.07) is 0. The van der Waals surface area contributed by atoms with Gasteiger partial charge in [-0.05, 0) is 38.5 Å². The van der Waals surface area contributed by atoms with Crippen molar-refractivity contribution in [1.82, 2.24) is 0 Å². The Morgan fingerprint density at radius 3 is 2.50 bits per heavy atom. The van der Waals surface area contributed by atoms with Crippen molar-refractivity contribution in [3.63, 3.8) is 0 Å². The summed E-state index contributed by atoms with van der Waals surface area (Å²) in [4.78, 5) is 0. The summed E-state index contributed by atoms with van der Waals surface area (Å²) >= 11 is 0. The van der Waals surface area contributed by atoms with Gasteiger partial charge in [0.2, 0.25) is 0 Å². The maximum atomic E-state index is 10.5. The lowest BCUT2D eigenvalue weighted by molar-refractivity contribution is -0.158. The minimum absolute atomic E-state index is 0.103. The summed E-state index contributed by atoms with van der Waals surface area (Å²) < 4.78 is 5.86. The van der Waals surface area contributed by atoms with E-state index in [1.807, 2.05) is 0 Å². The van der Waals surface area contributed by atoms with Crippen LogP contribution in [-0.4, -0.2) is 29.5 Å². The van der Waals surface area contributed by atoms with Crippen LogP contribution in [0.3, 0.4) is 0 Å². The molecule has 80 valence electrons. The summed E-state index contributed by atoms with van der Waals surface area (Å²) in [5.74, 6) is 0. The minimum Gasteiger partial charge on any atom is -0.389 e. The first-order valence-corrected chi connectivity index (χ1v) is 5.78. The molecule has 2 heterocycles. The van der Waals surface area contributed by atoms with E-state index in [-0.39, 0.29) is 11.5 Å². The maximum absolute atomic E-state index is 10.5. The van der Waals surface area contributed by atoms with Crippen LogP contribution in [0.1, 0.15) is 38.5 Å². The first-order valence-electron chi connectivity index (χ1n) is 5.78. The Morgan fingerprint density at radius 2 is 2.14 bits per heavy atom. The van der Waals surface area contributed by atoms with Gasteiger partial charge in [-0.3, -0.25) is 0 Å². The number of ether oxygens (including phenoxy) is 1. The number of aliphatic hydroxyl groups is 1. The average molecular weight is 197 g/mol. The molecule has 3 unspecified atom stereocenters. The second-order valence-corrected chi connectivity index (χ2v) is 5.27. The number of rotatable bonds is 2. The van der Waals surface area contributed by atoms with Crippen LogP contribution in [0.4, 0.5) is 0 Å². The van der Waals surface area contributed by atoms with E-state index in [0.29, 0.717) is 12.6 Å². The van der Waals surface area contributed by atoms with Gasteiger partial charge in [-0.1, -0.05) is 0 Å². The fourth-order valence-electron chi connectivity index (χ4n) is 3.70. The van der Waals surface area contributed by atoms with Gasteiger partial charge in [0.1, 0.15) is 0 Å². The molecule has 3 aliphatic rings. The molecule has 1 aliphatic carbocycles. The molecule has 0 aromatic heterocycles. The van der Waals surface area contributed by atoms with Crippen LogP contribution >= 0.6 is 0 Å². The van der Waals surface area contributed by atoms with Crippen molar-refractivity contribution in [3.8, 4) is 0 Å². The van der Waals surface area contributed by atoms with Gasteiger partial charge in [-0.15, -0.1) is 0 Å². The molecule has 0 radical (unpaired) electrons. The van der Waals surface area contributed by atoms with Gasteiger partial charge in [0.05, 0.1) is 17.8 Å². The molecule has 3 fully saturated rings. The largest absolute Gasteiger partial charge is 0.389 e. The molecule has 0 aromatic rings. The fraction of sp³-hybridized carbons (Fsp3) is 1.00. The molecule has 14 heavy (non-hydrogen) atoms. The molecular weight excluding hydrogens is 178 g/mol. The first-order chi connectivity index (χ1) is 6.70. The van der Waals surface area contributed by atoms with E-state index >= 15 is 0 Å². The standard InChI is InChI=1S/C11H19NO2/c12-7-10(11(13)4-1-5-11)6-8-2-3-9(10)14-8/h8-9,13H,1-7,12H2. The highest BCUT2D eigenvalue weighted by atomic mass is 16.5. The lowest BCUT2D eigenvalue weighted by Crippen LogP contribution is -2.61. The zero-order valence-electron chi connectivity index (χ0n) is 8.54. The Kier molecular flexibility index (Phi) is 1.77. The van der Waals surface area contributed by atoms with E-state index in [2.05, 4.69) is 0 Å². The second kappa shape index (κ2) is 2.71. The molecule has 2 saturated heterocycles. The van der Waals surface area contributed by atoms with Crippen molar-refractivity contribution in [2.75, 3.05) is 6.54 Å². The Morgan fingerprint density at radius 1 is 1.36 bits per heavy atom. The Labute approximate surface area is 84.6 Å². The van der Waals surface area contributed by atoms with Crippen LogP contribution in [0, 0.1) is 5.41 Å². The highest BCUT2D eigenvalue weighted by Gasteiger charge is 2.63. The summed E-state index contributed by atoms with van der Waals surface area (Å²) in [5, 5.41) is 10.5. The summed E-state index contributed by atoms with van der Waals surface area (Å²) in [6.07, 6.45) is 6.89. The molecule has 0 amide bonds. The van der Waals surface area contributed by atoms with Gasteiger partial charge >= 0.3 is 0 Å². The highest BCUT2D eigenvalue weighted by Crippen LogP contribution is 2.58. The van der Waals surface area contributed by atoms with E-state index in [9.17, 15) is 5.11 Å². The van der Waals surface area contributed by atoms with Gasteiger partial charge in [0.15, 0.2) is 0 Å². The topological polar surface area (TPSA) is 55.5 Å². The first kappa shape index (κ1) is 9.13. The summed E-state index contributed by atoms with van der Waals surface area (Å²) in [5.41, 5.74) is 5.31.